The first-order chi connectivity index (χ1) is 14.6. The van der Waals surface area contributed by atoms with E-state index in [-0.39, 0.29) is 42.0 Å². The van der Waals surface area contributed by atoms with Crippen LogP contribution >= 0.6 is 0 Å². The van der Waals surface area contributed by atoms with Gasteiger partial charge in [-0.15, -0.1) is 0 Å². The van der Waals surface area contributed by atoms with Crippen molar-refractivity contribution in [3.63, 3.8) is 0 Å². The Morgan fingerprint density at radius 1 is 0.871 bits per heavy atom. The average molecular weight is 451 g/mol. The summed E-state index contributed by atoms with van der Waals surface area (Å²) in [5.74, 6) is -0.914. The Morgan fingerprint density at radius 2 is 1.42 bits per heavy atom. The Hall–Kier alpha value is -0.400. The fraction of sp³-hybridized carbons (Fsp3) is 0.833. The number of unbranched alkanes of at least 4 members (excludes halogenated alkanes) is 11. The number of nitrogens with one attached hydrogen (secondary N) is 1. The molecule has 31 heavy (non-hydrogen) atoms. The van der Waals surface area contributed by atoms with Gasteiger partial charge in [-0.25, -0.2) is 0 Å². The Morgan fingerprint density at radius 3 is 1.97 bits per heavy atom. The summed E-state index contributed by atoms with van der Waals surface area (Å²) in [6, 6.07) is 0. The van der Waals surface area contributed by atoms with Crippen LogP contribution in [0.3, 0.4) is 0 Å². The molecule has 0 aromatic rings. The van der Waals surface area contributed by atoms with Crippen LogP contribution in [-0.2, 0) is 14.4 Å². The summed E-state index contributed by atoms with van der Waals surface area (Å²) in [7, 11) is 0. The number of carbonyl (C=O) groups is 2. The summed E-state index contributed by atoms with van der Waals surface area (Å²) in [5.41, 5.74) is 0. The van der Waals surface area contributed by atoms with Crippen molar-refractivity contribution >= 4 is 41.4 Å². The van der Waals surface area contributed by atoms with Gasteiger partial charge in [0.25, 0.3) is 0 Å². The van der Waals surface area contributed by atoms with Crippen LogP contribution in [0.5, 0.6) is 0 Å². The molecule has 0 fully saturated rings. The second kappa shape index (κ2) is 25.9. The van der Waals surface area contributed by atoms with Gasteiger partial charge in [-0.2, -0.15) is 5.06 Å². The first kappa shape index (κ1) is 32.8. The van der Waals surface area contributed by atoms with Crippen LogP contribution in [0.25, 0.3) is 0 Å². The molecule has 0 saturated heterocycles. The van der Waals surface area contributed by atoms with E-state index in [1.807, 2.05) is 0 Å². The first-order valence-corrected chi connectivity index (χ1v) is 12.1. The zero-order valence-corrected chi connectivity index (χ0v) is 19.5. The van der Waals surface area contributed by atoms with Crippen LogP contribution in [0.4, 0.5) is 0 Å². The normalized spacial score (nSPS) is 11.1. The van der Waals surface area contributed by atoms with Gasteiger partial charge in [0.2, 0.25) is 5.91 Å². The maximum absolute atomic E-state index is 11.8. The zero-order valence-electron chi connectivity index (χ0n) is 19.5. The van der Waals surface area contributed by atoms with Gasteiger partial charge in [0.05, 0.1) is 6.61 Å². The number of rotatable bonds is 22. The molecule has 0 bridgehead atoms. The van der Waals surface area contributed by atoms with Gasteiger partial charge in [0.15, 0.2) is 0 Å². The number of aliphatic carboxylic acids is 1. The van der Waals surface area contributed by atoms with Crippen LogP contribution < -0.4 is 5.32 Å². The topological polar surface area (TPSA) is 78.9 Å². The molecule has 0 aromatic carbocycles. The van der Waals surface area contributed by atoms with E-state index < -0.39 is 5.97 Å². The Bertz CT molecular complexity index is 447. The summed E-state index contributed by atoms with van der Waals surface area (Å²) in [4.78, 5) is 27.8. The van der Waals surface area contributed by atoms with Gasteiger partial charge in [-0.05, 0) is 39.0 Å². The van der Waals surface area contributed by atoms with Gasteiger partial charge >= 0.3 is 35.5 Å². The average Bonchev–Trinajstić information content (AvgIpc) is 2.70. The minimum atomic E-state index is -0.942. The van der Waals surface area contributed by atoms with Crippen molar-refractivity contribution < 1.29 is 19.5 Å². The first-order valence-electron chi connectivity index (χ1n) is 12.1. The van der Waals surface area contributed by atoms with Crippen molar-refractivity contribution in [2.24, 2.45) is 0 Å². The van der Waals surface area contributed by atoms with E-state index in [0.717, 1.165) is 12.8 Å². The second-order valence-corrected chi connectivity index (χ2v) is 7.86. The number of carbonyl (C=O) groups excluding carboxylic acids is 1. The van der Waals surface area contributed by atoms with Gasteiger partial charge in [0, 0.05) is 19.5 Å². The molecule has 1 amide bonds. The number of amides is 1. The molecule has 0 aliphatic carbocycles. The van der Waals surface area contributed by atoms with Gasteiger partial charge in [0.1, 0.15) is 6.54 Å². The molecule has 6 nitrogen and oxygen atoms in total. The predicted molar refractivity (Wildman–Crippen MR) is 130 cm³/mol. The van der Waals surface area contributed by atoms with Crippen LogP contribution in [0.2, 0.25) is 0 Å². The third kappa shape index (κ3) is 25.7. The van der Waals surface area contributed by atoms with E-state index in [0.29, 0.717) is 26.1 Å². The number of hydroxylamine groups is 2. The molecule has 2 N–H and O–H groups in total. The number of hydrogen-bond donors (Lipinski definition) is 2. The van der Waals surface area contributed by atoms with E-state index >= 15 is 0 Å². The van der Waals surface area contributed by atoms with Crippen LogP contribution in [0.1, 0.15) is 104 Å². The number of carboxylic acid groups (broad SMARTS) is 1. The molecule has 7 heteroatoms. The van der Waals surface area contributed by atoms with Gasteiger partial charge < -0.3 is 10.4 Å². The molecule has 0 unspecified atom stereocenters. The van der Waals surface area contributed by atoms with Crippen LogP contribution in [-0.4, -0.2) is 77.8 Å². The Kier molecular flexibility index (Phi) is 27.3. The summed E-state index contributed by atoms with van der Waals surface area (Å²) >= 11 is 0. The molecule has 0 atom stereocenters. The fourth-order valence-electron chi connectivity index (χ4n) is 3.29. The third-order valence-corrected chi connectivity index (χ3v) is 4.97. The van der Waals surface area contributed by atoms with Crippen molar-refractivity contribution in [3.8, 4) is 0 Å². The number of hydrogen-bond acceptors (Lipinski definition) is 4. The maximum atomic E-state index is 11.8. The number of carboxylic acids is 1. The summed E-state index contributed by atoms with van der Waals surface area (Å²) in [6.45, 7) is 5.07. The standard InChI is InChI=1S/C24H46N2O4.Na.H/c1-3-5-6-7-8-9-10-11-12-13-14-15-16-17-18-19-23(27)25-20-21-26(30-4-2)22-24(28)29;;/h11-12H,3-10,13-22H2,1-2H3,(H,25,27)(H,28,29);;/b12-11-;;. The van der Waals surface area contributed by atoms with Gasteiger partial charge in [-0.1, -0.05) is 70.4 Å². The van der Waals surface area contributed by atoms with Crippen LogP contribution in [0.15, 0.2) is 12.2 Å². The predicted octanol–water partition coefficient (Wildman–Crippen LogP) is 4.83. The Labute approximate surface area is 212 Å². The molecule has 0 heterocycles. The zero-order chi connectivity index (χ0) is 22.3. The van der Waals surface area contributed by atoms with E-state index in [9.17, 15) is 9.59 Å². The molecule has 0 radical (unpaired) electrons. The molecular formula is C24H47N2NaO4. The van der Waals surface area contributed by atoms with Crippen molar-refractivity contribution in [1.29, 1.82) is 0 Å². The molecule has 0 rings (SSSR count). The molecule has 178 valence electrons. The number of allylic oxidation sites excluding steroid dienone is 2. The molecule has 0 saturated carbocycles. The molecular weight excluding hydrogens is 403 g/mol. The monoisotopic (exact) mass is 450 g/mol. The fourth-order valence-corrected chi connectivity index (χ4v) is 3.29. The summed E-state index contributed by atoms with van der Waals surface area (Å²) in [5, 5.41) is 13.0. The Balaban J connectivity index is 0. The third-order valence-electron chi connectivity index (χ3n) is 4.97. The van der Waals surface area contributed by atoms with E-state index in [4.69, 9.17) is 9.94 Å². The second-order valence-electron chi connectivity index (χ2n) is 7.86. The van der Waals surface area contributed by atoms with Crippen molar-refractivity contribution in [2.45, 2.75) is 104 Å². The van der Waals surface area contributed by atoms with E-state index in [1.54, 1.807) is 6.92 Å². The molecule has 0 aliphatic rings. The SMILES string of the molecule is CCCCCCCC/C=C\CCCCCCCC(=O)NCCN(CC(=O)O)OCC.[NaH]. The van der Waals surface area contributed by atoms with Crippen molar-refractivity contribution in [2.75, 3.05) is 26.2 Å². The summed E-state index contributed by atoms with van der Waals surface area (Å²) < 4.78 is 0. The van der Waals surface area contributed by atoms with Crippen molar-refractivity contribution in [3.05, 3.63) is 12.2 Å². The minimum absolute atomic E-state index is 0. The van der Waals surface area contributed by atoms with Gasteiger partial charge in [-0.3, -0.25) is 14.4 Å². The summed E-state index contributed by atoms with van der Waals surface area (Å²) in [6.07, 6.45) is 21.4. The van der Waals surface area contributed by atoms with E-state index in [2.05, 4.69) is 24.4 Å². The number of nitrogens with zero attached hydrogens (tertiary/aromatic N) is 1. The quantitative estimate of drug-likeness (QED) is 0.107. The van der Waals surface area contributed by atoms with Crippen LogP contribution in [0, 0.1) is 0 Å². The molecule has 0 spiro atoms. The molecule has 0 aromatic heterocycles. The van der Waals surface area contributed by atoms with E-state index in [1.165, 1.54) is 75.7 Å². The molecule has 0 aliphatic heterocycles. The van der Waals surface area contributed by atoms with Crippen molar-refractivity contribution in [1.82, 2.24) is 10.4 Å².